The van der Waals surface area contributed by atoms with Crippen LogP contribution >= 0.6 is 0 Å². The number of fused-ring (bicyclic) bond motifs is 1. The zero-order chi connectivity index (χ0) is 23.7. The van der Waals surface area contributed by atoms with E-state index >= 15 is 0 Å². The molecule has 1 unspecified atom stereocenters. The fraction of sp³-hybridized carbons (Fsp3) is 0.481. The molecule has 0 radical (unpaired) electrons. The molecule has 7 heteroatoms. The van der Waals surface area contributed by atoms with Crippen LogP contribution in [0.4, 0.5) is 5.69 Å². The summed E-state index contributed by atoms with van der Waals surface area (Å²) in [4.78, 5) is 27.7. The predicted molar refractivity (Wildman–Crippen MR) is 128 cm³/mol. The Morgan fingerprint density at radius 2 is 1.91 bits per heavy atom. The number of hydrogen-bond acceptors (Lipinski definition) is 5. The molecule has 3 aliphatic rings. The molecule has 0 bridgehead atoms. The normalized spacial score (nSPS) is 21.2. The summed E-state index contributed by atoms with van der Waals surface area (Å²) in [7, 11) is 0. The second kappa shape index (κ2) is 9.29. The largest absolute Gasteiger partial charge is 0.454 e. The molecule has 1 atom stereocenters. The Balaban J connectivity index is 1.28. The Hall–Kier alpha value is -3.06. The Morgan fingerprint density at radius 3 is 2.71 bits per heavy atom. The maximum absolute atomic E-state index is 13.2. The Bertz CT molecular complexity index is 1080. The predicted octanol–water partition coefficient (Wildman–Crippen LogP) is 3.76. The van der Waals surface area contributed by atoms with Crippen molar-refractivity contribution >= 4 is 17.5 Å². The molecule has 0 saturated carbocycles. The van der Waals surface area contributed by atoms with Gasteiger partial charge < -0.3 is 24.4 Å². The van der Waals surface area contributed by atoms with Gasteiger partial charge in [-0.25, -0.2) is 0 Å². The van der Waals surface area contributed by atoms with Crippen molar-refractivity contribution in [2.24, 2.45) is 5.92 Å². The van der Waals surface area contributed by atoms with Gasteiger partial charge in [0.25, 0.3) is 0 Å². The average molecular weight is 465 g/mol. The standard InChI is InChI=1S/C27H32N2O5/c1-18(2)19-4-3-5-22(12-19)29-15-20(13-25(29)30)26(31)28-16-27(8-10-32-11-9-27)21-6-7-23-24(14-21)34-17-33-23/h3-7,12,14,18,20H,8-11,13,15-17H2,1-2H3,(H,28,31). The third kappa shape index (κ3) is 4.37. The SMILES string of the molecule is CC(C)c1cccc(N2CC(C(=O)NCC3(c4ccc5c(c4)OCO5)CCOCC3)CC2=O)c1. The molecule has 3 aliphatic heterocycles. The van der Waals surface area contributed by atoms with Crippen molar-refractivity contribution in [2.75, 3.05) is 38.0 Å². The molecule has 5 rings (SSSR count). The number of nitrogens with one attached hydrogen (secondary N) is 1. The van der Waals surface area contributed by atoms with Crippen LogP contribution in [-0.2, 0) is 19.7 Å². The van der Waals surface area contributed by atoms with Gasteiger partial charge in [0.1, 0.15) is 0 Å². The molecule has 2 fully saturated rings. The van der Waals surface area contributed by atoms with Crippen LogP contribution in [0, 0.1) is 5.92 Å². The molecule has 0 aromatic heterocycles. The first-order chi connectivity index (χ1) is 16.4. The molecule has 34 heavy (non-hydrogen) atoms. The second-order valence-corrected chi connectivity index (χ2v) is 9.83. The minimum Gasteiger partial charge on any atom is -0.454 e. The van der Waals surface area contributed by atoms with Crippen molar-refractivity contribution in [1.82, 2.24) is 5.32 Å². The van der Waals surface area contributed by atoms with E-state index in [2.05, 4.69) is 37.4 Å². The minimum atomic E-state index is -0.358. The molecule has 2 amide bonds. The van der Waals surface area contributed by atoms with E-state index in [0.29, 0.717) is 32.2 Å². The zero-order valence-electron chi connectivity index (χ0n) is 19.8. The lowest BCUT2D eigenvalue weighted by Crippen LogP contribution is -2.46. The van der Waals surface area contributed by atoms with Crippen LogP contribution < -0.4 is 19.7 Å². The van der Waals surface area contributed by atoms with E-state index in [1.807, 2.05) is 24.3 Å². The summed E-state index contributed by atoms with van der Waals surface area (Å²) in [6.45, 7) is 6.70. The van der Waals surface area contributed by atoms with Crippen LogP contribution in [-0.4, -0.2) is 44.9 Å². The highest BCUT2D eigenvalue weighted by Gasteiger charge is 2.39. The third-order valence-corrected chi connectivity index (χ3v) is 7.38. The lowest BCUT2D eigenvalue weighted by Gasteiger charge is -2.38. The number of hydrogen-bond donors (Lipinski definition) is 1. The number of carbonyl (C=O) groups is 2. The van der Waals surface area contributed by atoms with Gasteiger partial charge in [-0.1, -0.05) is 32.0 Å². The number of nitrogens with zero attached hydrogens (tertiary/aromatic N) is 1. The molecule has 2 aromatic rings. The first kappa shape index (κ1) is 22.7. The molecular weight excluding hydrogens is 432 g/mol. The van der Waals surface area contributed by atoms with Crippen molar-refractivity contribution in [3.63, 3.8) is 0 Å². The highest BCUT2D eigenvalue weighted by molar-refractivity contribution is 6.00. The van der Waals surface area contributed by atoms with E-state index in [1.165, 1.54) is 5.56 Å². The highest BCUT2D eigenvalue weighted by Crippen LogP contribution is 2.40. The zero-order valence-corrected chi connectivity index (χ0v) is 19.8. The van der Waals surface area contributed by atoms with Crippen molar-refractivity contribution in [3.8, 4) is 11.5 Å². The number of benzene rings is 2. The summed E-state index contributed by atoms with van der Waals surface area (Å²) in [6, 6.07) is 14.1. The third-order valence-electron chi connectivity index (χ3n) is 7.38. The summed E-state index contributed by atoms with van der Waals surface area (Å²) >= 11 is 0. The molecular formula is C27H32N2O5. The van der Waals surface area contributed by atoms with E-state index < -0.39 is 0 Å². The number of rotatable bonds is 6. The van der Waals surface area contributed by atoms with Crippen LogP contribution in [0.25, 0.3) is 0 Å². The molecule has 1 N–H and O–H groups in total. The van der Waals surface area contributed by atoms with Gasteiger partial charge in [-0.2, -0.15) is 0 Å². The Morgan fingerprint density at radius 1 is 1.12 bits per heavy atom. The van der Waals surface area contributed by atoms with Gasteiger partial charge in [0.15, 0.2) is 11.5 Å². The Labute approximate surface area is 200 Å². The van der Waals surface area contributed by atoms with E-state index in [-0.39, 0.29) is 36.4 Å². The summed E-state index contributed by atoms with van der Waals surface area (Å²) in [5, 5.41) is 3.18. The van der Waals surface area contributed by atoms with Crippen molar-refractivity contribution in [2.45, 2.75) is 44.4 Å². The van der Waals surface area contributed by atoms with E-state index in [1.54, 1.807) is 4.90 Å². The first-order valence-corrected chi connectivity index (χ1v) is 12.1. The van der Waals surface area contributed by atoms with Crippen molar-refractivity contribution < 1.29 is 23.8 Å². The smallest absolute Gasteiger partial charge is 0.231 e. The molecule has 2 saturated heterocycles. The van der Waals surface area contributed by atoms with Gasteiger partial charge in [-0.05, 0) is 54.2 Å². The van der Waals surface area contributed by atoms with E-state index in [0.717, 1.165) is 35.6 Å². The fourth-order valence-corrected chi connectivity index (χ4v) is 5.14. The molecule has 3 heterocycles. The number of anilines is 1. The van der Waals surface area contributed by atoms with Crippen LogP contribution in [0.1, 0.15) is 50.2 Å². The van der Waals surface area contributed by atoms with Crippen molar-refractivity contribution in [1.29, 1.82) is 0 Å². The Kier molecular flexibility index (Phi) is 6.21. The summed E-state index contributed by atoms with van der Waals surface area (Å²) in [5.41, 5.74) is 2.94. The number of carbonyl (C=O) groups excluding carboxylic acids is 2. The quantitative estimate of drug-likeness (QED) is 0.705. The van der Waals surface area contributed by atoms with Crippen molar-refractivity contribution in [3.05, 3.63) is 53.6 Å². The van der Waals surface area contributed by atoms with Crippen LogP contribution in [0.3, 0.4) is 0 Å². The molecule has 180 valence electrons. The van der Waals surface area contributed by atoms with Crippen LogP contribution in [0.5, 0.6) is 11.5 Å². The maximum atomic E-state index is 13.2. The monoisotopic (exact) mass is 464 g/mol. The van der Waals surface area contributed by atoms with Gasteiger partial charge in [-0.3, -0.25) is 9.59 Å². The first-order valence-electron chi connectivity index (χ1n) is 12.1. The van der Waals surface area contributed by atoms with Crippen LogP contribution in [0.15, 0.2) is 42.5 Å². The summed E-state index contributed by atoms with van der Waals surface area (Å²) in [6.07, 6.45) is 1.85. The van der Waals surface area contributed by atoms with Gasteiger partial charge in [0.05, 0.1) is 5.92 Å². The van der Waals surface area contributed by atoms with Gasteiger partial charge in [-0.15, -0.1) is 0 Å². The fourth-order valence-electron chi connectivity index (χ4n) is 5.14. The lowest BCUT2D eigenvalue weighted by molar-refractivity contribution is -0.126. The summed E-state index contributed by atoms with van der Waals surface area (Å²) < 4.78 is 16.7. The lowest BCUT2D eigenvalue weighted by atomic mass is 9.74. The highest BCUT2D eigenvalue weighted by atomic mass is 16.7. The molecule has 0 spiro atoms. The van der Waals surface area contributed by atoms with Gasteiger partial charge >= 0.3 is 0 Å². The topological polar surface area (TPSA) is 77.1 Å². The molecule has 7 nitrogen and oxygen atoms in total. The van der Waals surface area contributed by atoms with E-state index in [4.69, 9.17) is 14.2 Å². The van der Waals surface area contributed by atoms with Crippen LogP contribution in [0.2, 0.25) is 0 Å². The number of ether oxygens (including phenoxy) is 3. The maximum Gasteiger partial charge on any atom is 0.231 e. The molecule has 2 aromatic carbocycles. The van der Waals surface area contributed by atoms with E-state index in [9.17, 15) is 9.59 Å². The van der Waals surface area contributed by atoms with Gasteiger partial charge in [0.2, 0.25) is 18.6 Å². The average Bonchev–Trinajstić information content (AvgIpc) is 3.49. The molecule has 0 aliphatic carbocycles. The number of amides is 2. The summed E-state index contributed by atoms with van der Waals surface area (Å²) in [5.74, 6) is 1.45. The minimum absolute atomic E-state index is 0.00222. The second-order valence-electron chi connectivity index (χ2n) is 9.83. The van der Waals surface area contributed by atoms with Gasteiger partial charge in [0, 0.05) is 43.8 Å².